The molecule has 0 saturated carbocycles. The first-order chi connectivity index (χ1) is 14.4. The summed E-state index contributed by atoms with van der Waals surface area (Å²) in [6.45, 7) is 3.44. The summed E-state index contributed by atoms with van der Waals surface area (Å²) >= 11 is 11.7. The van der Waals surface area contributed by atoms with Gasteiger partial charge in [-0.25, -0.2) is 9.59 Å². The molecule has 158 valence electrons. The van der Waals surface area contributed by atoms with Gasteiger partial charge >= 0.3 is 11.9 Å². The van der Waals surface area contributed by atoms with Crippen molar-refractivity contribution < 1.29 is 28.9 Å². The second-order valence-corrected chi connectivity index (χ2v) is 7.58. The number of esters is 2. The van der Waals surface area contributed by atoms with Crippen LogP contribution in [-0.4, -0.2) is 48.1 Å². The number of rotatable bonds is 7. The summed E-state index contributed by atoms with van der Waals surface area (Å²) in [6.07, 6.45) is -1.65. The van der Waals surface area contributed by atoms with E-state index in [1.165, 1.54) is 24.3 Å². The molecule has 0 bridgehead atoms. The Morgan fingerprint density at radius 2 is 1.50 bits per heavy atom. The van der Waals surface area contributed by atoms with Crippen molar-refractivity contribution in [3.63, 3.8) is 0 Å². The highest BCUT2D eigenvalue weighted by Crippen LogP contribution is 2.28. The first-order valence-corrected chi connectivity index (χ1v) is 9.98. The number of hydrogen-bond acceptors (Lipinski definition) is 6. The predicted molar refractivity (Wildman–Crippen MR) is 112 cm³/mol. The van der Waals surface area contributed by atoms with Crippen molar-refractivity contribution in [3.8, 4) is 0 Å². The van der Waals surface area contributed by atoms with E-state index >= 15 is 0 Å². The van der Waals surface area contributed by atoms with Crippen LogP contribution in [0.5, 0.6) is 0 Å². The van der Waals surface area contributed by atoms with E-state index < -0.39 is 36.4 Å². The third kappa shape index (κ3) is 5.40. The average Bonchev–Trinajstić information content (AvgIpc) is 3.02. The molecule has 1 saturated heterocycles. The number of carbonyl (C=O) groups is 2. The van der Waals surface area contributed by atoms with Gasteiger partial charge in [0.05, 0.1) is 17.2 Å². The van der Waals surface area contributed by atoms with E-state index in [0.29, 0.717) is 22.0 Å². The average molecular weight is 451 g/mol. The van der Waals surface area contributed by atoms with Gasteiger partial charge in [-0.05, 0) is 55.0 Å². The molecule has 0 spiro atoms. The zero-order chi connectivity index (χ0) is 21.7. The lowest BCUT2D eigenvalue weighted by Gasteiger charge is -2.21. The third-order valence-corrected chi connectivity index (χ3v) is 5.12. The van der Waals surface area contributed by atoms with Gasteiger partial charge in [-0.1, -0.05) is 29.3 Å². The van der Waals surface area contributed by atoms with Crippen molar-refractivity contribution in [2.75, 3.05) is 6.61 Å². The van der Waals surface area contributed by atoms with Crippen LogP contribution < -0.4 is 0 Å². The zero-order valence-electron chi connectivity index (χ0n) is 15.9. The van der Waals surface area contributed by atoms with Crippen molar-refractivity contribution >= 4 is 35.1 Å². The smallest absolute Gasteiger partial charge is 0.338 e. The molecule has 6 nitrogen and oxygen atoms in total. The topological polar surface area (TPSA) is 82.1 Å². The summed E-state index contributed by atoms with van der Waals surface area (Å²) in [5, 5.41) is 11.6. The first-order valence-electron chi connectivity index (χ1n) is 9.22. The third-order valence-electron chi connectivity index (χ3n) is 4.61. The number of aliphatic hydroxyl groups is 1. The van der Waals surface area contributed by atoms with Gasteiger partial charge in [-0.3, -0.25) is 0 Å². The quantitative estimate of drug-likeness (QED) is 0.505. The molecule has 30 heavy (non-hydrogen) atoms. The van der Waals surface area contributed by atoms with Gasteiger partial charge in [0, 0.05) is 10.0 Å². The lowest BCUT2D eigenvalue weighted by molar-refractivity contribution is -0.0430. The second kappa shape index (κ2) is 10.1. The Kier molecular flexibility index (Phi) is 7.50. The molecule has 1 aliphatic heterocycles. The molecule has 4 atom stereocenters. The number of ether oxygens (including phenoxy) is 3. The monoisotopic (exact) mass is 450 g/mol. The molecule has 3 rings (SSSR count). The lowest BCUT2D eigenvalue weighted by atomic mass is 10.1. The van der Waals surface area contributed by atoms with Crippen LogP contribution in [0, 0.1) is 0 Å². The minimum absolute atomic E-state index is 0.204. The van der Waals surface area contributed by atoms with Crippen molar-refractivity contribution in [3.05, 3.63) is 82.4 Å². The maximum absolute atomic E-state index is 12.5. The summed E-state index contributed by atoms with van der Waals surface area (Å²) in [7, 11) is 0. The van der Waals surface area contributed by atoms with Crippen LogP contribution in [0.3, 0.4) is 0 Å². The molecule has 1 heterocycles. The van der Waals surface area contributed by atoms with E-state index in [1.54, 1.807) is 30.3 Å². The highest BCUT2D eigenvalue weighted by molar-refractivity contribution is 6.30. The van der Waals surface area contributed by atoms with E-state index in [-0.39, 0.29) is 12.2 Å². The van der Waals surface area contributed by atoms with Gasteiger partial charge in [0.25, 0.3) is 0 Å². The standard InChI is InChI=1S/C22H20Cl2O6/c1-2-3-17-19(25)20(30-22(27)14-6-10-16(24)11-7-14)18(29-17)12-28-21(26)13-4-8-15(23)9-5-13/h2,4-11,17-20,25H,1,3,12H2/t17-,18-,19+,20+/m1/s1. The maximum Gasteiger partial charge on any atom is 0.338 e. The Morgan fingerprint density at radius 3 is 2.03 bits per heavy atom. The number of aliphatic hydroxyl groups excluding tert-OH is 1. The van der Waals surface area contributed by atoms with Gasteiger partial charge in [0.15, 0.2) is 6.10 Å². The summed E-state index contributed by atoms with van der Waals surface area (Å²) in [5.74, 6) is -1.23. The van der Waals surface area contributed by atoms with Crippen LogP contribution in [0.4, 0.5) is 0 Å². The first kappa shape index (κ1) is 22.3. The molecular weight excluding hydrogens is 431 g/mol. The zero-order valence-corrected chi connectivity index (χ0v) is 17.4. The summed E-state index contributed by atoms with van der Waals surface area (Å²) in [6, 6.07) is 12.4. The van der Waals surface area contributed by atoms with Crippen LogP contribution in [0.2, 0.25) is 10.0 Å². The van der Waals surface area contributed by atoms with Gasteiger partial charge in [-0.2, -0.15) is 0 Å². The molecule has 0 aliphatic carbocycles. The predicted octanol–water partition coefficient (Wildman–Crippen LogP) is 4.08. The molecule has 1 N–H and O–H groups in total. The summed E-state index contributed by atoms with van der Waals surface area (Å²) in [5.41, 5.74) is 0.589. The fourth-order valence-corrected chi connectivity index (χ4v) is 3.31. The SMILES string of the molecule is C=CC[C@H]1O[C@H](COC(=O)c2ccc(Cl)cc2)[C@H](OC(=O)c2ccc(Cl)cc2)[C@H]1O. The highest BCUT2D eigenvalue weighted by atomic mass is 35.5. The van der Waals surface area contributed by atoms with Crippen molar-refractivity contribution in [1.82, 2.24) is 0 Å². The number of carbonyl (C=O) groups excluding carboxylic acids is 2. The Hall–Kier alpha value is -2.38. The lowest BCUT2D eigenvalue weighted by Crippen LogP contribution is -2.39. The number of hydrogen-bond donors (Lipinski definition) is 1. The summed E-state index contributed by atoms with van der Waals surface area (Å²) < 4.78 is 16.6. The molecule has 2 aromatic rings. The van der Waals surface area contributed by atoms with E-state index in [1.807, 2.05) is 0 Å². The van der Waals surface area contributed by atoms with Crippen LogP contribution in [0.1, 0.15) is 27.1 Å². The normalized spacial score (nSPS) is 23.0. The van der Waals surface area contributed by atoms with Crippen molar-refractivity contribution in [2.45, 2.75) is 30.8 Å². The Bertz CT molecular complexity index is 897. The van der Waals surface area contributed by atoms with Crippen molar-refractivity contribution in [2.24, 2.45) is 0 Å². The van der Waals surface area contributed by atoms with Gasteiger partial charge in [0.2, 0.25) is 0 Å². The van der Waals surface area contributed by atoms with Gasteiger partial charge in [0.1, 0.15) is 18.8 Å². The highest BCUT2D eigenvalue weighted by Gasteiger charge is 2.46. The number of halogens is 2. The Morgan fingerprint density at radius 1 is 0.967 bits per heavy atom. The molecule has 0 aromatic heterocycles. The minimum Gasteiger partial charge on any atom is -0.459 e. The van der Waals surface area contributed by atoms with E-state index in [9.17, 15) is 14.7 Å². The summed E-state index contributed by atoms with van der Waals surface area (Å²) in [4.78, 5) is 24.8. The second-order valence-electron chi connectivity index (χ2n) is 6.71. The Labute approximate surface area is 184 Å². The molecule has 2 aromatic carbocycles. The van der Waals surface area contributed by atoms with E-state index in [4.69, 9.17) is 37.4 Å². The minimum atomic E-state index is -1.10. The molecule has 1 fully saturated rings. The molecule has 8 heteroatoms. The molecule has 1 aliphatic rings. The number of benzene rings is 2. The van der Waals surface area contributed by atoms with Gasteiger partial charge in [-0.15, -0.1) is 6.58 Å². The fourth-order valence-electron chi connectivity index (χ4n) is 3.06. The maximum atomic E-state index is 12.5. The van der Waals surface area contributed by atoms with Crippen molar-refractivity contribution in [1.29, 1.82) is 0 Å². The van der Waals surface area contributed by atoms with E-state index in [0.717, 1.165) is 0 Å². The van der Waals surface area contributed by atoms with Crippen LogP contribution in [-0.2, 0) is 14.2 Å². The molecule has 0 unspecified atom stereocenters. The largest absolute Gasteiger partial charge is 0.459 e. The van der Waals surface area contributed by atoms with E-state index in [2.05, 4.69) is 6.58 Å². The van der Waals surface area contributed by atoms with Crippen LogP contribution >= 0.6 is 23.2 Å². The van der Waals surface area contributed by atoms with Gasteiger partial charge < -0.3 is 19.3 Å². The van der Waals surface area contributed by atoms with Crippen LogP contribution in [0.25, 0.3) is 0 Å². The molecule has 0 amide bonds. The van der Waals surface area contributed by atoms with Crippen LogP contribution in [0.15, 0.2) is 61.2 Å². The molecular formula is C22H20Cl2O6. The molecule has 0 radical (unpaired) electrons. The Balaban J connectivity index is 1.68. The fraction of sp³-hybridized carbons (Fsp3) is 0.273.